The topological polar surface area (TPSA) is 133 Å². The number of aromatic nitrogens is 1. The number of nitrogens with zero attached hydrogens (tertiary/aromatic N) is 2. The third kappa shape index (κ3) is 6.14. The Bertz CT molecular complexity index is 632. The number of carbonyl (C=O) groups excluding carboxylic acids is 1. The van der Waals surface area contributed by atoms with Gasteiger partial charge >= 0.3 is 11.9 Å². The number of aryl methyl sites for hydroxylation is 1. The number of likely N-dealkylation sites (tertiary alicyclic amines) is 1. The number of amides is 1. The minimum absolute atomic E-state index is 0.00700. The Balaban J connectivity index is 0.000000352. The van der Waals surface area contributed by atoms with Gasteiger partial charge in [0.1, 0.15) is 5.76 Å². The number of rotatable bonds is 3. The zero-order valence-electron chi connectivity index (χ0n) is 14.8. The zero-order chi connectivity index (χ0) is 19.1. The summed E-state index contributed by atoms with van der Waals surface area (Å²) in [6.07, 6.45) is 6.74. The molecule has 3 N–H and O–H groups in total. The van der Waals surface area contributed by atoms with Crippen LogP contribution in [0, 0.1) is 18.8 Å². The van der Waals surface area contributed by atoms with E-state index in [1.54, 1.807) is 6.07 Å². The van der Waals surface area contributed by atoms with Crippen LogP contribution in [-0.4, -0.2) is 57.7 Å². The summed E-state index contributed by atoms with van der Waals surface area (Å²) >= 11 is 0. The fourth-order valence-corrected chi connectivity index (χ4v) is 3.63. The van der Waals surface area contributed by atoms with Gasteiger partial charge in [-0.25, -0.2) is 9.59 Å². The molecule has 2 unspecified atom stereocenters. The van der Waals surface area contributed by atoms with E-state index in [0.717, 1.165) is 24.9 Å². The van der Waals surface area contributed by atoms with Crippen molar-refractivity contribution in [1.82, 2.24) is 10.1 Å². The Morgan fingerprint density at radius 3 is 2.42 bits per heavy atom. The predicted octanol–water partition coefficient (Wildman–Crippen LogP) is 1.59. The van der Waals surface area contributed by atoms with Crippen LogP contribution in [0.15, 0.2) is 10.6 Å². The van der Waals surface area contributed by atoms with Gasteiger partial charge in [0.15, 0.2) is 5.82 Å². The molecule has 2 aliphatic rings. The highest BCUT2D eigenvalue weighted by Crippen LogP contribution is 2.35. The van der Waals surface area contributed by atoms with E-state index >= 15 is 0 Å². The van der Waals surface area contributed by atoms with Crippen LogP contribution >= 0.6 is 0 Å². The molecule has 1 saturated carbocycles. The van der Waals surface area contributed by atoms with E-state index in [1.807, 2.05) is 6.92 Å². The van der Waals surface area contributed by atoms with Gasteiger partial charge in [0.2, 0.25) is 5.91 Å². The van der Waals surface area contributed by atoms with Crippen molar-refractivity contribution in [3.63, 3.8) is 0 Å². The summed E-state index contributed by atoms with van der Waals surface area (Å²) < 4.78 is 4.95. The lowest BCUT2D eigenvalue weighted by atomic mass is 9.75. The number of aliphatic carboxylic acids is 2. The van der Waals surface area contributed by atoms with Crippen LogP contribution in [0.4, 0.5) is 5.82 Å². The SMILES string of the molecule is Cc1cc(NC(=O)CN2CCC3CCCCC3C2)no1.O=C(O)C(=O)O. The molecule has 144 valence electrons. The van der Waals surface area contributed by atoms with Crippen LogP contribution < -0.4 is 5.32 Å². The Labute approximate surface area is 151 Å². The van der Waals surface area contributed by atoms with Gasteiger partial charge < -0.3 is 20.1 Å². The van der Waals surface area contributed by atoms with Gasteiger partial charge in [0.25, 0.3) is 0 Å². The Hall–Kier alpha value is -2.42. The number of hydrogen-bond acceptors (Lipinski definition) is 6. The fourth-order valence-electron chi connectivity index (χ4n) is 3.63. The summed E-state index contributed by atoms with van der Waals surface area (Å²) in [5.41, 5.74) is 0. The van der Waals surface area contributed by atoms with E-state index in [4.69, 9.17) is 24.3 Å². The van der Waals surface area contributed by atoms with Crippen LogP contribution in [0.25, 0.3) is 0 Å². The van der Waals surface area contributed by atoms with Crippen molar-refractivity contribution < 1.29 is 29.1 Å². The molecule has 1 aliphatic heterocycles. The maximum absolute atomic E-state index is 12.0. The first-order valence-corrected chi connectivity index (χ1v) is 8.77. The molecule has 3 rings (SSSR count). The molecule has 1 aliphatic carbocycles. The molecule has 0 radical (unpaired) electrons. The van der Waals surface area contributed by atoms with Gasteiger partial charge in [0.05, 0.1) is 6.54 Å². The quantitative estimate of drug-likeness (QED) is 0.686. The van der Waals surface area contributed by atoms with E-state index in [0.29, 0.717) is 18.1 Å². The Morgan fingerprint density at radius 2 is 1.85 bits per heavy atom. The van der Waals surface area contributed by atoms with E-state index < -0.39 is 11.9 Å². The molecule has 1 aromatic rings. The number of carbonyl (C=O) groups is 3. The Kier molecular flexibility index (Phi) is 7.14. The second-order valence-electron chi connectivity index (χ2n) is 6.81. The lowest BCUT2D eigenvalue weighted by Crippen LogP contribution is -2.44. The molecule has 0 aromatic carbocycles. The zero-order valence-corrected chi connectivity index (χ0v) is 14.8. The number of fused-ring (bicyclic) bond motifs is 1. The molecule has 1 amide bonds. The standard InChI is InChI=1S/C15H23N3O2.C2H2O4/c1-11-8-14(17-20-11)16-15(19)10-18-7-6-12-4-2-3-5-13(12)9-18;3-1(4)2(5)6/h8,12-13H,2-7,9-10H2,1H3,(H,16,17,19);(H,3,4)(H,5,6). The molecule has 2 fully saturated rings. The van der Waals surface area contributed by atoms with Crippen molar-refractivity contribution in [3.8, 4) is 0 Å². The lowest BCUT2D eigenvalue weighted by molar-refractivity contribution is -0.159. The number of carboxylic acid groups (broad SMARTS) is 2. The van der Waals surface area contributed by atoms with Crippen molar-refractivity contribution in [3.05, 3.63) is 11.8 Å². The predicted molar refractivity (Wildman–Crippen MR) is 91.6 cm³/mol. The lowest BCUT2D eigenvalue weighted by Gasteiger charge is -2.41. The van der Waals surface area contributed by atoms with E-state index in [9.17, 15) is 4.79 Å². The summed E-state index contributed by atoms with van der Waals surface area (Å²) in [6, 6.07) is 1.74. The van der Waals surface area contributed by atoms with E-state index in [-0.39, 0.29) is 5.91 Å². The molecule has 0 bridgehead atoms. The average Bonchev–Trinajstić information content (AvgIpc) is 3.00. The van der Waals surface area contributed by atoms with Gasteiger partial charge in [-0.2, -0.15) is 0 Å². The number of anilines is 1. The Morgan fingerprint density at radius 1 is 1.19 bits per heavy atom. The van der Waals surface area contributed by atoms with Gasteiger partial charge in [-0.05, 0) is 38.1 Å². The maximum atomic E-state index is 12.0. The number of hydrogen-bond donors (Lipinski definition) is 3. The third-order valence-electron chi connectivity index (χ3n) is 4.82. The third-order valence-corrected chi connectivity index (χ3v) is 4.82. The smallest absolute Gasteiger partial charge is 0.414 e. The minimum Gasteiger partial charge on any atom is -0.473 e. The van der Waals surface area contributed by atoms with Crippen LogP contribution in [0.3, 0.4) is 0 Å². The molecule has 1 saturated heterocycles. The largest absolute Gasteiger partial charge is 0.473 e. The van der Waals surface area contributed by atoms with Crippen LogP contribution in [0.5, 0.6) is 0 Å². The highest BCUT2D eigenvalue weighted by atomic mass is 16.5. The molecule has 0 spiro atoms. The fraction of sp³-hybridized carbons (Fsp3) is 0.647. The highest BCUT2D eigenvalue weighted by Gasteiger charge is 2.31. The molecular weight excluding hydrogens is 342 g/mol. The van der Waals surface area contributed by atoms with Crippen molar-refractivity contribution in [2.45, 2.75) is 39.0 Å². The second kappa shape index (κ2) is 9.33. The average molecular weight is 367 g/mol. The summed E-state index contributed by atoms with van der Waals surface area (Å²) in [5.74, 6) is -0.707. The van der Waals surface area contributed by atoms with Crippen molar-refractivity contribution in [2.75, 3.05) is 25.0 Å². The number of nitrogens with one attached hydrogen (secondary N) is 1. The normalized spacial score (nSPS) is 22.5. The van der Waals surface area contributed by atoms with Crippen LogP contribution in [-0.2, 0) is 14.4 Å². The van der Waals surface area contributed by atoms with Crippen LogP contribution in [0.2, 0.25) is 0 Å². The second-order valence-corrected chi connectivity index (χ2v) is 6.81. The number of carboxylic acids is 2. The van der Waals surface area contributed by atoms with E-state index in [2.05, 4.69) is 15.4 Å². The molecular formula is C17H25N3O6. The number of piperidine rings is 1. The summed E-state index contributed by atoms with van der Waals surface area (Å²) in [6.45, 7) is 4.41. The van der Waals surface area contributed by atoms with Gasteiger partial charge in [-0.15, -0.1) is 0 Å². The van der Waals surface area contributed by atoms with Gasteiger partial charge in [0, 0.05) is 12.6 Å². The minimum atomic E-state index is -1.82. The first-order chi connectivity index (χ1) is 12.3. The summed E-state index contributed by atoms with van der Waals surface area (Å²) in [4.78, 5) is 32.5. The monoisotopic (exact) mass is 367 g/mol. The molecule has 1 aromatic heterocycles. The van der Waals surface area contributed by atoms with Crippen molar-refractivity contribution in [1.29, 1.82) is 0 Å². The molecule has 26 heavy (non-hydrogen) atoms. The molecule has 9 nitrogen and oxygen atoms in total. The highest BCUT2D eigenvalue weighted by molar-refractivity contribution is 6.27. The van der Waals surface area contributed by atoms with E-state index in [1.165, 1.54) is 32.1 Å². The maximum Gasteiger partial charge on any atom is 0.414 e. The summed E-state index contributed by atoms with van der Waals surface area (Å²) in [7, 11) is 0. The van der Waals surface area contributed by atoms with Gasteiger partial charge in [-0.1, -0.05) is 24.4 Å². The van der Waals surface area contributed by atoms with Crippen LogP contribution in [0.1, 0.15) is 37.9 Å². The molecule has 2 atom stereocenters. The first kappa shape index (κ1) is 19.9. The summed E-state index contributed by atoms with van der Waals surface area (Å²) in [5, 5.41) is 21.4. The van der Waals surface area contributed by atoms with Gasteiger partial charge in [-0.3, -0.25) is 9.69 Å². The molecule has 9 heteroatoms. The van der Waals surface area contributed by atoms with Crippen molar-refractivity contribution >= 4 is 23.7 Å². The molecule has 2 heterocycles. The first-order valence-electron chi connectivity index (χ1n) is 8.77. The van der Waals surface area contributed by atoms with Crippen molar-refractivity contribution in [2.24, 2.45) is 11.8 Å².